The number of phenolic OH excluding ortho intramolecular Hbond substituents is 1. The Balaban J connectivity index is 2.63. The van der Waals surface area contributed by atoms with Gasteiger partial charge in [0.15, 0.2) is 11.5 Å². The highest BCUT2D eigenvalue weighted by atomic mass is 16.5. The van der Waals surface area contributed by atoms with Gasteiger partial charge in [-0.3, -0.25) is 0 Å². The van der Waals surface area contributed by atoms with Crippen molar-refractivity contribution >= 4 is 22.8 Å². The van der Waals surface area contributed by atoms with E-state index in [0.717, 1.165) is 28.3 Å². The molecule has 0 fully saturated rings. The molecule has 0 bridgehead atoms. The highest BCUT2D eigenvalue weighted by Gasteiger charge is 2.13. The predicted octanol–water partition coefficient (Wildman–Crippen LogP) is 3.69. The van der Waals surface area contributed by atoms with E-state index in [9.17, 15) is 9.90 Å². The summed E-state index contributed by atoms with van der Waals surface area (Å²) in [5, 5.41) is 12.0. The molecule has 0 saturated carbocycles. The number of rotatable bonds is 5. The molecule has 4 nitrogen and oxygen atoms in total. The summed E-state index contributed by atoms with van der Waals surface area (Å²) in [4.78, 5) is 11.5. The molecule has 4 heteroatoms. The summed E-state index contributed by atoms with van der Waals surface area (Å²) in [6, 6.07) is 7.54. The van der Waals surface area contributed by atoms with Crippen LogP contribution >= 0.6 is 0 Å². The number of benzene rings is 2. The fourth-order valence-electron chi connectivity index (χ4n) is 2.47. The molecular formula is C18H20O4. The van der Waals surface area contributed by atoms with Gasteiger partial charge in [-0.15, -0.1) is 0 Å². The highest BCUT2D eigenvalue weighted by Crippen LogP contribution is 2.39. The highest BCUT2D eigenvalue weighted by molar-refractivity contribution is 6.00. The molecule has 2 aromatic rings. The first kappa shape index (κ1) is 15.9. The molecule has 22 heavy (non-hydrogen) atoms. The van der Waals surface area contributed by atoms with Gasteiger partial charge in [0, 0.05) is 11.5 Å². The van der Waals surface area contributed by atoms with Crippen molar-refractivity contribution in [3.63, 3.8) is 0 Å². The molecular weight excluding hydrogens is 280 g/mol. The fraction of sp³-hybridized carbons (Fsp3) is 0.278. The average molecular weight is 300 g/mol. The van der Waals surface area contributed by atoms with Crippen LogP contribution in [0, 0.1) is 0 Å². The van der Waals surface area contributed by atoms with Crippen LogP contribution in [0.2, 0.25) is 0 Å². The van der Waals surface area contributed by atoms with E-state index in [1.165, 1.54) is 13.2 Å². The van der Waals surface area contributed by atoms with Crippen LogP contribution in [0.3, 0.4) is 0 Å². The summed E-state index contributed by atoms with van der Waals surface area (Å²) >= 11 is 0. The van der Waals surface area contributed by atoms with Crippen LogP contribution in [-0.4, -0.2) is 24.8 Å². The Morgan fingerprint density at radius 3 is 2.73 bits per heavy atom. The van der Waals surface area contributed by atoms with Gasteiger partial charge in [0.05, 0.1) is 13.7 Å². The number of esters is 1. The van der Waals surface area contributed by atoms with Crippen molar-refractivity contribution < 1.29 is 19.4 Å². The van der Waals surface area contributed by atoms with Crippen LogP contribution in [0.5, 0.6) is 11.5 Å². The van der Waals surface area contributed by atoms with Crippen LogP contribution < -0.4 is 4.74 Å². The zero-order valence-corrected chi connectivity index (χ0v) is 13.1. The summed E-state index contributed by atoms with van der Waals surface area (Å²) in [6.07, 6.45) is 3.86. The average Bonchev–Trinajstić information content (AvgIpc) is 2.54. The lowest BCUT2D eigenvalue weighted by Crippen LogP contribution is -1.99. The number of carbonyl (C=O) groups is 1. The van der Waals surface area contributed by atoms with Gasteiger partial charge >= 0.3 is 5.97 Å². The first-order valence-electron chi connectivity index (χ1n) is 7.28. The molecule has 0 amide bonds. The molecule has 0 radical (unpaired) electrons. The normalized spacial score (nSPS) is 11.0. The zero-order valence-electron chi connectivity index (χ0n) is 13.1. The van der Waals surface area contributed by atoms with Crippen LogP contribution in [0.4, 0.5) is 0 Å². The molecule has 0 saturated heterocycles. The molecule has 2 aromatic carbocycles. The molecule has 0 heterocycles. The lowest BCUT2D eigenvalue weighted by Gasteiger charge is -2.13. The van der Waals surface area contributed by atoms with Crippen molar-refractivity contribution in [1.29, 1.82) is 0 Å². The molecule has 0 unspecified atom stereocenters. The Labute approximate surface area is 130 Å². The van der Waals surface area contributed by atoms with Gasteiger partial charge in [-0.05, 0) is 42.0 Å². The second-order valence-corrected chi connectivity index (χ2v) is 4.80. The predicted molar refractivity (Wildman–Crippen MR) is 87.2 cm³/mol. The minimum Gasteiger partial charge on any atom is -0.504 e. The van der Waals surface area contributed by atoms with E-state index in [-0.39, 0.29) is 5.75 Å². The van der Waals surface area contributed by atoms with Crippen molar-refractivity contribution in [3.8, 4) is 11.5 Å². The standard InChI is InChI=1S/C18H20O4/c1-4-12-7-6-8-14-13(9-10-16(19)22-5-2)11-15(21-3)18(20)17(12)14/h6-11,20H,4-5H2,1-3H3. The van der Waals surface area contributed by atoms with Gasteiger partial charge in [-0.25, -0.2) is 4.79 Å². The molecule has 0 aromatic heterocycles. The fourth-order valence-corrected chi connectivity index (χ4v) is 2.47. The van der Waals surface area contributed by atoms with E-state index in [4.69, 9.17) is 9.47 Å². The van der Waals surface area contributed by atoms with Crippen molar-refractivity contribution in [2.24, 2.45) is 0 Å². The second kappa shape index (κ2) is 6.98. The van der Waals surface area contributed by atoms with E-state index < -0.39 is 5.97 Å². The Bertz CT molecular complexity index is 717. The number of hydrogen-bond acceptors (Lipinski definition) is 4. The van der Waals surface area contributed by atoms with Gasteiger partial charge in [0.1, 0.15) is 0 Å². The monoisotopic (exact) mass is 300 g/mol. The summed E-state index contributed by atoms with van der Waals surface area (Å²) in [5.41, 5.74) is 1.83. The molecule has 2 rings (SSSR count). The third kappa shape index (κ3) is 3.06. The van der Waals surface area contributed by atoms with E-state index in [1.807, 2.05) is 25.1 Å². The van der Waals surface area contributed by atoms with Crippen LogP contribution in [0.1, 0.15) is 25.0 Å². The quantitative estimate of drug-likeness (QED) is 0.676. The van der Waals surface area contributed by atoms with Crippen LogP contribution in [0.15, 0.2) is 30.3 Å². The van der Waals surface area contributed by atoms with Crippen molar-refractivity contribution in [2.45, 2.75) is 20.3 Å². The molecule has 0 spiro atoms. The van der Waals surface area contributed by atoms with E-state index in [1.54, 1.807) is 19.1 Å². The van der Waals surface area contributed by atoms with Crippen molar-refractivity contribution in [2.75, 3.05) is 13.7 Å². The molecule has 116 valence electrons. The largest absolute Gasteiger partial charge is 0.504 e. The SMILES string of the molecule is CCOC(=O)C=Cc1cc(OC)c(O)c2c(CC)cccc12. The molecule has 0 atom stereocenters. The Kier molecular flexibility index (Phi) is 5.04. The van der Waals surface area contributed by atoms with Crippen molar-refractivity contribution in [1.82, 2.24) is 0 Å². The smallest absolute Gasteiger partial charge is 0.330 e. The summed E-state index contributed by atoms with van der Waals surface area (Å²) in [7, 11) is 1.51. The van der Waals surface area contributed by atoms with Gasteiger partial charge in [-0.1, -0.05) is 25.1 Å². The maximum Gasteiger partial charge on any atom is 0.330 e. The first-order valence-corrected chi connectivity index (χ1v) is 7.28. The number of methoxy groups -OCH3 is 1. The number of ether oxygens (including phenoxy) is 2. The van der Waals surface area contributed by atoms with Crippen LogP contribution in [-0.2, 0) is 16.0 Å². The maximum atomic E-state index is 11.5. The van der Waals surface area contributed by atoms with Gasteiger partial charge in [-0.2, -0.15) is 0 Å². The van der Waals surface area contributed by atoms with Gasteiger partial charge < -0.3 is 14.6 Å². The topological polar surface area (TPSA) is 55.8 Å². The number of carbonyl (C=O) groups excluding carboxylic acids is 1. The Morgan fingerprint density at radius 2 is 2.09 bits per heavy atom. The molecule has 0 aliphatic heterocycles. The van der Waals surface area contributed by atoms with Crippen LogP contribution in [0.25, 0.3) is 16.8 Å². The lowest BCUT2D eigenvalue weighted by atomic mass is 9.97. The number of phenols is 1. The van der Waals surface area contributed by atoms with E-state index >= 15 is 0 Å². The summed E-state index contributed by atoms with van der Waals surface area (Å²) in [6.45, 7) is 4.13. The van der Waals surface area contributed by atoms with E-state index in [0.29, 0.717) is 12.4 Å². The zero-order chi connectivity index (χ0) is 16.1. The minimum absolute atomic E-state index is 0.128. The number of fused-ring (bicyclic) bond motifs is 1. The molecule has 0 aliphatic rings. The number of hydrogen-bond donors (Lipinski definition) is 1. The summed E-state index contributed by atoms with van der Waals surface area (Å²) < 4.78 is 10.1. The number of aryl methyl sites for hydroxylation is 1. The Hall–Kier alpha value is -2.49. The van der Waals surface area contributed by atoms with Crippen molar-refractivity contribution in [3.05, 3.63) is 41.5 Å². The third-order valence-electron chi connectivity index (χ3n) is 3.50. The third-order valence-corrected chi connectivity index (χ3v) is 3.50. The maximum absolute atomic E-state index is 11.5. The first-order chi connectivity index (χ1) is 10.6. The second-order valence-electron chi connectivity index (χ2n) is 4.80. The van der Waals surface area contributed by atoms with E-state index in [2.05, 4.69) is 0 Å². The van der Waals surface area contributed by atoms with Gasteiger partial charge in [0.25, 0.3) is 0 Å². The molecule has 0 aliphatic carbocycles. The molecule has 1 N–H and O–H groups in total. The van der Waals surface area contributed by atoms with Gasteiger partial charge in [0.2, 0.25) is 0 Å². The summed E-state index contributed by atoms with van der Waals surface area (Å²) in [5.74, 6) is 0.120. The minimum atomic E-state index is -0.394. The number of aromatic hydroxyl groups is 1. The Morgan fingerprint density at radius 1 is 1.32 bits per heavy atom. The lowest BCUT2D eigenvalue weighted by molar-refractivity contribution is -0.137.